The molecule has 0 radical (unpaired) electrons. The molecule has 7 nitrogen and oxygen atoms in total. The summed E-state index contributed by atoms with van der Waals surface area (Å²) in [6.45, 7) is 5.13. The number of nitrogens with zero attached hydrogens (tertiary/aromatic N) is 3. The van der Waals surface area contributed by atoms with Crippen LogP contribution < -0.4 is 5.32 Å². The Morgan fingerprint density at radius 2 is 1.84 bits per heavy atom. The molecule has 0 saturated heterocycles. The van der Waals surface area contributed by atoms with Crippen LogP contribution in [0.25, 0.3) is 11.5 Å². The Kier molecular flexibility index (Phi) is 5.90. The average Bonchev–Trinajstić information content (AvgIpc) is 3.42. The lowest BCUT2D eigenvalue weighted by atomic mass is 10.1. The number of benzene rings is 2. The highest BCUT2D eigenvalue weighted by molar-refractivity contribution is 7.91. The molecule has 0 amide bonds. The minimum Gasteiger partial charge on any atom is -0.419 e. The molecule has 2 aromatic carbocycles. The summed E-state index contributed by atoms with van der Waals surface area (Å²) in [7, 11) is -3.85. The maximum absolute atomic E-state index is 13.3. The van der Waals surface area contributed by atoms with E-state index in [-0.39, 0.29) is 21.7 Å². The van der Waals surface area contributed by atoms with E-state index >= 15 is 0 Å². The van der Waals surface area contributed by atoms with E-state index in [1.54, 1.807) is 36.8 Å². The Hall–Kier alpha value is -3.39. The highest BCUT2D eigenvalue weighted by Crippen LogP contribution is 2.33. The van der Waals surface area contributed by atoms with Crippen LogP contribution in [0.5, 0.6) is 0 Å². The molecule has 0 aliphatic rings. The molecular weight excluding hydrogens is 412 g/mol. The van der Waals surface area contributed by atoms with Gasteiger partial charge in [-0.25, -0.2) is 13.4 Å². The number of aryl methyl sites for hydroxylation is 3. The number of rotatable bonds is 8. The number of hydrogen-bond donors (Lipinski definition) is 1. The first kappa shape index (κ1) is 20.9. The monoisotopic (exact) mass is 436 g/mol. The summed E-state index contributed by atoms with van der Waals surface area (Å²) in [5.41, 5.74) is 2.70. The van der Waals surface area contributed by atoms with E-state index in [0.29, 0.717) is 6.54 Å². The SMILES string of the molecule is Cc1ccc(S(=O)(=O)c2nc(-c3ccccc3C)oc2NCCCn2ccnc2)cc1. The van der Waals surface area contributed by atoms with Gasteiger partial charge in [0.2, 0.25) is 26.6 Å². The van der Waals surface area contributed by atoms with Gasteiger partial charge in [0.25, 0.3) is 0 Å². The van der Waals surface area contributed by atoms with Crippen molar-refractivity contribution in [1.29, 1.82) is 0 Å². The number of anilines is 1. The van der Waals surface area contributed by atoms with E-state index in [2.05, 4.69) is 15.3 Å². The van der Waals surface area contributed by atoms with Crippen LogP contribution >= 0.6 is 0 Å². The predicted molar refractivity (Wildman–Crippen MR) is 119 cm³/mol. The molecule has 31 heavy (non-hydrogen) atoms. The normalized spacial score (nSPS) is 11.5. The van der Waals surface area contributed by atoms with Crippen molar-refractivity contribution in [1.82, 2.24) is 14.5 Å². The number of hydrogen-bond acceptors (Lipinski definition) is 6. The zero-order valence-electron chi connectivity index (χ0n) is 17.4. The first-order valence-electron chi connectivity index (χ1n) is 10.0. The van der Waals surface area contributed by atoms with Gasteiger partial charge < -0.3 is 14.3 Å². The van der Waals surface area contributed by atoms with E-state index in [1.807, 2.05) is 48.9 Å². The van der Waals surface area contributed by atoms with Gasteiger partial charge in [-0.05, 0) is 44.0 Å². The molecule has 0 saturated carbocycles. The lowest BCUT2D eigenvalue weighted by Gasteiger charge is -2.07. The molecule has 4 aromatic rings. The predicted octanol–water partition coefficient (Wildman–Crippen LogP) is 4.49. The van der Waals surface area contributed by atoms with Crippen LogP contribution in [-0.4, -0.2) is 29.5 Å². The van der Waals surface area contributed by atoms with Crippen LogP contribution in [0.1, 0.15) is 17.5 Å². The molecule has 2 heterocycles. The third-order valence-electron chi connectivity index (χ3n) is 5.00. The lowest BCUT2D eigenvalue weighted by molar-refractivity contribution is 0.571. The molecule has 4 rings (SSSR count). The van der Waals surface area contributed by atoms with Gasteiger partial charge >= 0.3 is 0 Å². The highest BCUT2D eigenvalue weighted by atomic mass is 32.2. The second-order valence-corrected chi connectivity index (χ2v) is 9.23. The van der Waals surface area contributed by atoms with Gasteiger partial charge in [0, 0.05) is 31.0 Å². The Bertz CT molecular complexity index is 1260. The van der Waals surface area contributed by atoms with Gasteiger partial charge in [-0.1, -0.05) is 35.9 Å². The summed E-state index contributed by atoms with van der Waals surface area (Å²) in [5.74, 6) is 0.436. The molecule has 0 unspecified atom stereocenters. The van der Waals surface area contributed by atoms with E-state index in [4.69, 9.17) is 4.42 Å². The first-order valence-corrected chi connectivity index (χ1v) is 11.5. The Morgan fingerprint density at radius 1 is 1.06 bits per heavy atom. The fourth-order valence-electron chi connectivity index (χ4n) is 3.24. The molecule has 0 fully saturated rings. The van der Waals surface area contributed by atoms with Gasteiger partial charge in [0.1, 0.15) is 0 Å². The topological polar surface area (TPSA) is 90.0 Å². The third-order valence-corrected chi connectivity index (χ3v) is 6.67. The first-order chi connectivity index (χ1) is 14.9. The second kappa shape index (κ2) is 8.77. The molecule has 0 atom stereocenters. The summed E-state index contributed by atoms with van der Waals surface area (Å²) in [6, 6.07) is 14.3. The van der Waals surface area contributed by atoms with Crippen molar-refractivity contribution in [3.05, 3.63) is 78.4 Å². The third kappa shape index (κ3) is 4.54. The van der Waals surface area contributed by atoms with E-state index < -0.39 is 9.84 Å². The van der Waals surface area contributed by atoms with Crippen molar-refractivity contribution >= 4 is 15.7 Å². The highest BCUT2D eigenvalue weighted by Gasteiger charge is 2.28. The van der Waals surface area contributed by atoms with Crippen LogP contribution in [0, 0.1) is 13.8 Å². The summed E-state index contributed by atoms with van der Waals surface area (Å²) >= 11 is 0. The molecular formula is C23H24N4O3S. The standard InChI is InChI=1S/C23H24N4O3S/c1-17-8-10-19(11-9-17)31(28,29)23-22(25-12-5-14-27-15-13-24-16-27)30-21(26-23)20-7-4-3-6-18(20)2/h3-4,6-11,13,15-16,25H,5,12,14H2,1-2H3. The van der Waals surface area contributed by atoms with Crippen molar-refractivity contribution in [2.24, 2.45) is 0 Å². The second-order valence-electron chi connectivity index (χ2n) is 7.37. The number of imidazole rings is 1. The van der Waals surface area contributed by atoms with Gasteiger partial charge in [0.15, 0.2) is 0 Å². The summed E-state index contributed by atoms with van der Waals surface area (Å²) in [5, 5.41) is 3.03. The maximum Gasteiger partial charge on any atom is 0.233 e. The Balaban J connectivity index is 1.66. The molecule has 1 N–H and O–H groups in total. The van der Waals surface area contributed by atoms with Crippen molar-refractivity contribution < 1.29 is 12.8 Å². The van der Waals surface area contributed by atoms with Crippen molar-refractivity contribution in [3.63, 3.8) is 0 Å². The van der Waals surface area contributed by atoms with Gasteiger partial charge in [0.05, 0.1) is 11.2 Å². The van der Waals surface area contributed by atoms with Crippen molar-refractivity contribution in [3.8, 4) is 11.5 Å². The molecule has 8 heteroatoms. The lowest BCUT2D eigenvalue weighted by Crippen LogP contribution is -2.10. The summed E-state index contributed by atoms with van der Waals surface area (Å²) in [4.78, 5) is 8.62. The van der Waals surface area contributed by atoms with Crippen LogP contribution in [-0.2, 0) is 16.4 Å². The van der Waals surface area contributed by atoms with Gasteiger partial charge in [-0.3, -0.25) is 0 Å². The minimum atomic E-state index is -3.85. The maximum atomic E-state index is 13.3. The Labute approximate surface area is 181 Å². The average molecular weight is 437 g/mol. The zero-order chi connectivity index (χ0) is 21.8. The quantitative estimate of drug-likeness (QED) is 0.409. The molecule has 0 aliphatic carbocycles. The molecule has 0 bridgehead atoms. The fraction of sp³-hybridized carbons (Fsp3) is 0.217. The number of nitrogens with one attached hydrogen (secondary N) is 1. The number of sulfone groups is 1. The number of aromatic nitrogens is 3. The van der Waals surface area contributed by atoms with Crippen molar-refractivity contribution in [2.45, 2.75) is 36.7 Å². The van der Waals surface area contributed by atoms with Gasteiger partial charge in [-0.15, -0.1) is 0 Å². The number of oxazole rings is 1. The molecule has 160 valence electrons. The van der Waals surface area contributed by atoms with Crippen LogP contribution in [0.3, 0.4) is 0 Å². The molecule has 0 spiro atoms. The summed E-state index contributed by atoms with van der Waals surface area (Å²) in [6.07, 6.45) is 6.13. The Morgan fingerprint density at radius 3 is 2.55 bits per heavy atom. The van der Waals surface area contributed by atoms with E-state index in [0.717, 1.165) is 29.7 Å². The molecule has 2 aromatic heterocycles. The van der Waals surface area contributed by atoms with Crippen LogP contribution in [0.2, 0.25) is 0 Å². The minimum absolute atomic E-state index is 0.0998. The largest absolute Gasteiger partial charge is 0.419 e. The smallest absolute Gasteiger partial charge is 0.233 e. The summed E-state index contributed by atoms with van der Waals surface area (Å²) < 4.78 is 34.6. The van der Waals surface area contributed by atoms with Crippen LogP contribution in [0.4, 0.5) is 5.88 Å². The van der Waals surface area contributed by atoms with Crippen LogP contribution in [0.15, 0.2) is 81.6 Å². The fourth-order valence-corrected chi connectivity index (χ4v) is 4.52. The van der Waals surface area contributed by atoms with Crippen molar-refractivity contribution in [2.75, 3.05) is 11.9 Å². The zero-order valence-corrected chi connectivity index (χ0v) is 18.3. The molecule has 0 aliphatic heterocycles. The van der Waals surface area contributed by atoms with E-state index in [1.165, 1.54) is 0 Å². The van der Waals surface area contributed by atoms with Gasteiger partial charge in [-0.2, -0.15) is 4.98 Å². The van der Waals surface area contributed by atoms with E-state index in [9.17, 15) is 8.42 Å².